The van der Waals surface area contributed by atoms with Crippen LogP contribution in [0.5, 0.6) is 0 Å². The number of halogens is 1. The maximum Gasteiger partial charge on any atom is 0.251 e. The van der Waals surface area contributed by atoms with Crippen molar-refractivity contribution in [3.63, 3.8) is 0 Å². The number of para-hydroxylation sites is 1. The first-order valence-electron chi connectivity index (χ1n) is 12.7. The summed E-state index contributed by atoms with van der Waals surface area (Å²) in [4.78, 5) is 45.6. The number of amides is 2. The number of hydrogen-bond acceptors (Lipinski definition) is 4. The summed E-state index contributed by atoms with van der Waals surface area (Å²) in [5, 5.41) is 6.78. The maximum atomic E-state index is 14.5. The van der Waals surface area contributed by atoms with Crippen LogP contribution in [0, 0.1) is 19.8 Å². The minimum Gasteiger partial charge on any atom is -0.325 e. The molecule has 4 aliphatic rings. The smallest absolute Gasteiger partial charge is 0.251 e. The topological polar surface area (TPSA) is 78.5 Å². The van der Waals surface area contributed by atoms with Crippen molar-refractivity contribution < 1.29 is 14.4 Å². The molecule has 2 amide bonds. The summed E-state index contributed by atoms with van der Waals surface area (Å²) in [5.74, 6) is -1.42. The molecule has 7 heteroatoms. The van der Waals surface area contributed by atoms with Crippen molar-refractivity contribution in [3.05, 3.63) is 93.5 Å². The number of nitrogens with one attached hydrogen (secondary N) is 2. The zero-order chi connectivity index (χ0) is 25.7. The summed E-state index contributed by atoms with van der Waals surface area (Å²) >= 11 is 6.14. The molecular formula is C30H26ClN3O3. The number of rotatable bonds is 2. The van der Waals surface area contributed by atoms with Gasteiger partial charge in [0.1, 0.15) is 11.0 Å². The molecule has 0 aliphatic carbocycles. The lowest BCUT2D eigenvalue weighted by Gasteiger charge is -2.43. The summed E-state index contributed by atoms with van der Waals surface area (Å²) < 4.78 is 0. The Labute approximate surface area is 220 Å². The predicted molar refractivity (Wildman–Crippen MR) is 142 cm³/mol. The Morgan fingerprint density at radius 2 is 1.70 bits per heavy atom. The first-order valence-corrected chi connectivity index (χ1v) is 13.1. The molecule has 4 unspecified atom stereocenters. The van der Waals surface area contributed by atoms with E-state index in [4.69, 9.17) is 11.6 Å². The molecule has 4 aliphatic heterocycles. The van der Waals surface area contributed by atoms with Gasteiger partial charge in [-0.15, -0.1) is 0 Å². The standard InChI is InChI=1S/C30H26ClN3O3/c1-16-9-14-21-25(17(16)2)33-28(37)30(21)29(20-6-3-4-7-22(20)32-27(29)36)24(23-8-5-15-34(23)30)26(35)18-10-12-19(31)13-11-18/h3-4,6-7,9-14,23-24H,5,8,15H2,1-2H3,(H,32,36)(H,33,37). The highest BCUT2D eigenvalue weighted by molar-refractivity contribution is 6.30. The number of nitrogens with zero attached hydrogens (tertiary/aromatic N) is 1. The van der Waals surface area contributed by atoms with Crippen molar-refractivity contribution in [3.8, 4) is 0 Å². The van der Waals surface area contributed by atoms with E-state index < -0.39 is 16.9 Å². The van der Waals surface area contributed by atoms with Gasteiger partial charge in [-0.3, -0.25) is 19.3 Å². The monoisotopic (exact) mass is 511 g/mol. The summed E-state index contributed by atoms with van der Waals surface area (Å²) in [5.41, 5.74) is 2.67. The molecule has 2 saturated heterocycles. The van der Waals surface area contributed by atoms with Gasteiger partial charge in [0.2, 0.25) is 5.91 Å². The van der Waals surface area contributed by atoms with E-state index >= 15 is 0 Å². The van der Waals surface area contributed by atoms with Gasteiger partial charge < -0.3 is 10.6 Å². The first kappa shape index (κ1) is 22.7. The molecule has 7 rings (SSSR count). The second-order valence-electron chi connectivity index (χ2n) is 10.7. The highest BCUT2D eigenvalue weighted by Crippen LogP contribution is 2.68. The van der Waals surface area contributed by atoms with E-state index in [1.165, 1.54) is 0 Å². The average Bonchev–Trinajstić information content (AvgIpc) is 3.61. The molecule has 0 bridgehead atoms. The summed E-state index contributed by atoms with van der Waals surface area (Å²) in [7, 11) is 0. The van der Waals surface area contributed by atoms with E-state index in [-0.39, 0.29) is 23.6 Å². The molecule has 2 N–H and O–H groups in total. The molecule has 0 saturated carbocycles. The van der Waals surface area contributed by atoms with E-state index in [2.05, 4.69) is 15.5 Å². The minimum absolute atomic E-state index is 0.137. The van der Waals surface area contributed by atoms with Crippen LogP contribution in [-0.2, 0) is 20.5 Å². The fourth-order valence-electron chi connectivity index (χ4n) is 7.69. The van der Waals surface area contributed by atoms with Crippen LogP contribution in [0.25, 0.3) is 0 Å². The van der Waals surface area contributed by atoms with E-state index in [1.54, 1.807) is 24.3 Å². The lowest BCUT2D eigenvalue weighted by Crippen LogP contribution is -2.62. The molecular weight excluding hydrogens is 486 g/mol. The van der Waals surface area contributed by atoms with Crippen LogP contribution in [0.2, 0.25) is 5.02 Å². The van der Waals surface area contributed by atoms with Crippen LogP contribution < -0.4 is 10.6 Å². The maximum absolute atomic E-state index is 14.5. The van der Waals surface area contributed by atoms with Crippen LogP contribution in [0.4, 0.5) is 11.4 Å². The van der Waals surface area contributed by atoms with Gasteiger partial charge in [0.25, 0.3) is 5.91 Å². The summed E-state index contributed by atoms with van der Waals surface area (Å²) in [6, 6.07) is 18.1. The Kier molecular flexibility index (Phi) is 4.62. The Hall–Kier alpha value is -3.48. The van der Waals surface area contributed by atoms with Crippen molar-refractivity contribution in [2.24, 2.45) is 5.92 Å². The lowest BCUT2D eigenvalue weighted by molar-refractivity contribution is -0.137. The van der Waals surface area contributed by atoms with Gasteiger partial charge in [0, 0.05) is 33.6 Å². The van der Waals surface area contributed by atoms with E-state index in [1.807, 2.05) is 50.2 Å². The Morgan fingerprint density at radius 1 is 0.946 bits per heavy atom. The van der Waals surface area contributed by atoms with Crippen molar-refractivity contribution >= 4 is 40.6 Å². The van der Waals surface area contributed by atoms with Crippen molar-refractivity contribution in [2.45, 2.75) is 43.7 Å². The van der Waals surface area contributed by atoms with Gasteiger partial charge in [-0.05, 0) is 80.3 Å². The van der Waals surface area contributed by atoms with Crippen LogP contribution >= 0.6 is 11.6 Å². The van der Waals surface area contributed by atoms with Gasteiger partial charge in [-0.1, -0.05) is 41.9 Å². The van der Waals surface area contributed by atoms with Gasteiger partial charge in [0.15, 0.2) is 5.78 Å². The van der Waals surface area contributed by atoms with Crippen LogP contribution in [-0.4, -0.2) is 35.1 Å². The molecule has 37 heavy (non-hydrogen) atoms. The zero-order valence-corrected chi connectivity index (χ0v) is 21.4. The number of aryl methyl sites for hydroxylation is 1. The highest BCUT2D eigenvalue weighted by atomic mass is 35.5. The van der Waals surface area contributed by atoms with Crippen LogP contribution in [0.1, 0.15) is 45.5 Å². The van der Waals surface area contributed by atoms with Gasteiger partial charge in [-0.25, -0.2) is 0 Å². The van der Waals surface area contributed by atoms with Crippen molar-refractivity contribution in [1.29, 1.82) is 0 Å². The van der Waals surface area contributed by atoms with Gasteiger partial charge in [-0.2, -0.15) is 0 Å². The van der Waals surface area contributed by atoms with Crippen LogP contribution in [0.3, 0.4) is 0 Å². The molecule has 2 fully saturated rings. The number of benzene rings is 3. The number of fused-ring (bicyclic) bond motifs is 7. The Bertz CT molecular complexity index is 1530. The average molecular weight is 512 g/mol. The molecule has 0 aromatic heterocycles. The molecule has 2 spiro atoms. The molecule has 186 valence electrons. The van der Waals surface area contributed by atoms with Gasteiger partial charge >= 0.3 is 0 Å². The molecule has 3 aromatic carbocycles. The highest BCUT2D eigenvalue weighted by Gasteiger charge is 2.81. The second-order valence-corrected chi connectivity index (χ2v) is 11.1. The Balaban J connectivity index is 1.59. The quantitative estimate of drug-likeness (QED) is 0.476. The summed E-state index contributed by atoms with van der Waals surface area (Å²) in [6.07, 6.45) is 1.58. The first-order chi connectivity index (χ1) is 17.8. The van der Waals surface area contributed by atoms with Crippen molar-refractivity contribution in [1.82, 2.24) is 4.90 Å². The molecule has 3 aromatic rings. The third-order valence-electron chi connectivity index (χ3n) is 9.21. The van der Waals surface area contributed by atoms with E-state index in [0.29, 0.717) is 28.4 Å². The number of carbonyl (C=O) groups excluding carboxylic acids is 3. The van der Waals surface area contributed by atoms with E-state index in [9.17, 15) is 14.4 Å². The summed E-state index contributed by atoms with van der Waals surface area (Å²) in [6.45, 7) is 4.64. The fourth-order valence-corrected chi connectivity index (χ4v) is 7.82. The number of carbonyl (C=O) groups is 3. The van der Waals surface area contributed by atoms with Crippen molar-refractivity contribution in [2.75, 3.05) is 17.2 Å². The lowest BCUT2D eigenvalue weighted by atomic mass is 9.57. The molecule has 0 radical (unpaired) electrons. The fraction of sp³-hybridized carbons (Fsp3) is 0.300. The van der Waals surface area contributed by atoms with Crippen LogP contribution in [0.15, 0.2) is 60.7 Å². The van der Waals surface area contributed by atoms with Gasteiger partial charge in [0.05, 0.1) is 5.92 Å². The zero-order valence-electron chi connectivity index (χ0n) is 20.6. The Morgan fingerprint density at radius 3 is 2.49 bits per heavy atom. The molecule has 4 atom stereocenters. The second kappa shape index (κ2) is 7.53. The third-order valence-corrected chi connectivity index (χ3v) is 9.47. The normalized spacial score (nSPS) is 29.4. The number of anilines is 2. The SMILES string of the molecule is Cc1ccc2c(c1C)NC(=O)C21N2CCCC2C(C(=O)c2ccc(Cl)cc2)C12C(=O)Nc1ccccc12. The number of ketones is 1. The molecule has 6 nitrogen and oxygen atoms in total. The van der Waals surface area contributed by atoms with E-state index in [0.717, 1.165) is 35.2 Å². The minimum atomic E-state index is -1.43. The number of Topliss-reactive ketones (excluding diaryl/α,β-unsaturated/α-hetero) is 1. The number of hydrogen-bond donors (Lipinski definition) is 2. The largest absolute Gasteiger partial charge is 0.325 e. The predicted octanol–water partition coefficient (Wildman–Crippen LogP) is 4.97. The third kappa shape index (κ3) is 2.53. The molecule has 4 heterocycles.